The number of rotatable bonds is 9. The van der Waals surface area contributed by atoms with Crippen LogP contribution in [0.5, 0.6) is 0 Å². The van der Waals surface area contributed by atoms with E-state index in [-0.39, 0.29) is 9.49 Å². The SMILES string of the molecule is CN(CCN(C)Cc1ccccc1SC(C)(C)C)Cc1ccccc1SC(C)(C)C. The number of benzene rings is 2. The third kappa shape index (κ3) is 9.47. The third-order valence-electron chi connectivity index (χ3n) is 4.52. The zero-order valence-electron chi connectivity index (χ0n) is 20.2. The van der Waals surface area contributed by atoms with E-state index < -0.39 is 0 Å². The van der Waals surface area contributed by atoms with Crippen molar-refractivity contribution >= 4 is 23.5 Å². The molecule has 0 heterocycles. The van der Waals surface area contributed by atoms with Gasteiger partial charge in [-0.15, -0.1) is 23.5 Å². The highest BCUT2D eigenvalue weighted by Gasteiger charge is 2.17. The van der Waals surface area contributed by atoms with E-state index in [0.29, 0.717) is 0 Å². The highest BCUT2D eigenvalue weighted by Crippen LogP contribution is 2.35. The summed E-state index contributed by atoms with van der Waals surface area (Å²) in [5, 5.41) is 0. The van der Waals surface area contributed by atoms with E-state index in [4.69, 9.17) is 0 Å². The molecule has 0 aliphatic heterocycles. The lowest BCUT2D eigenvalue weighted by atomic mass is 10.2. The second kappa shape index (κ2) is 11.1. The number of nitrogens with zero attached hydrogens (tertiary/aromatic N) is 2. The van der Waals surface area contributed by atoms with Crippen molar-refractivity contribution in [3.63, 3.8) is 0 Å². The first-order chi connectivity index (χ1) is 13.9. The molecular formula is C26H40N2S2. The summed E-state index contributed by atoms with van der Waals surface area (Å²) in [4.78, 5) is 7.68. The van der Waals surface area contributed by atoms with Crippen LogP contribution < -0.4 is 0 Å². The Morgan fingerprint density at radius 3 is 1.27 bits per heavy atom. The van der Waals surface area contributed by atoms with Crippen LogP contribution in [0.25, 0.3) is 0 Å². The molecule has 0 amide bonds. The Hall–Kier alpha value is -0.940. The first-order valence-corrected chi connectivity index (χ1v) is 12.5. The molecule has 2 nitrogen and oxygen atoms in total. The Labute approximate surface area is 193 Å². The largest absolute Gasteiger partial charge is 0.301 e. The summed E-state index contributed by atoms with van der Waals surface area (Å²) in [5.74, 6) is 0. The van der Waals surface area contributed by atoms with E-state index in [0.717, 1.165) is 26.2 Å². The van der Waals surface area contributed by atoms with E-state index in [1.807, 2.05) is 23.5 Å². The van der Waals surface area contributed by atoms with Crippen molar-refractivity contribution in [3.05, 3.63) is 59.7 Å². The van der Waals surface area contributed by atoms with Crippen LogP contribution in [0, 0.1) is 0 Å². The lowest BCUT2D eigenvalue weighted by molar-refractivity contribution is 0.245. The van der Waals surface area contributed by atoms with Gasteiger partial charge in [-0.05, 0) is 37.4 Å². The van der Waals surface area contributed by atoms with Gasteiger partial charge in [-0.25, -0.2) is 0 Å². The molecule has 2 aromatic carbocycles. The smallest absolute Gasteiger partial charge is 0.0242 e. The molecule has 0 saturated carbocycles. The minimum atomic E-state index is 0.230. The first-order valence-electron chi connectivity index (χ1n) is 10.8. The molecule has 0 radical (unpaired) electrons. The molecule has 0 saturated heterocycles. The first kappa shape index (κ1) is 25.3. The summed E-state index contributed by atoms with van der Waals surface area (Å²) in [6.45, 7) is 17.8. The Balaban J connectivity index is 1.91. The zero-order chi connectivity index (χ0) is 22.4. The summed E-state index contributed by atoms with van der Waals surface area (Å²) < 4.78 is 0.459. The van der Waals surface area contributed by atoms with E-state index in [1.54, 1.807) is 0 Å². The number of hydrogen-bond donors (Lipinski definition) is 0. The summed E-state index contributed by atoms with van der Waals surface area (Å²) in [7, 11) is 4.46. The van der Waals surface area contributed by atoms with Crippen molar-refractivity contribution in [1.82, 2.24) is 9.80 Å². The predicted molar refractivity (Wildman–Crippen MR) is 137 cm³/mol. The van der Waals surface area contributed by atoms with Gasteiger partial charge in [0.2, 0.25) is 0 Å². The molecule has 0 N–H and O–H groups in total. The van der Waals surface area contributed by atoms with E-state index in [9.17, 15) is 0 Å². The van der Waals surface area contributed by atoms with E-state index >= 15 is 0 Å². The monoisotopic (exact) mass is 444 g/mol. The number of hydrogen-bond acceptors (Lipinski definition) is 4. The molecule has 0 aliphatic rings. The van der Waals surface area contributed by atoms with Crippen molar-refractivity contribution in [2.75, 3.05) is 27.2 Å². The van der Waals surface area contributed by atoms with Crippen molar-refractivity contribution in [2.24, 2.45) is 0 Å². The molecule has 0 atom stereocenters. The topological polar surface area (TPSA) is 6.48 Å². The van der Waals surface area contributed by atoms with E-state index in [2.05, 4.69) is 114 Å². The van der Waals surface area contributed by atoms with Gasteiger partial charge in [0, 0.05) is 45.5 Å². The summed E-state index contributed by atoms with van der Waals surface area (Å²) in [5.41, 5.74) is 2.85. The number of likely N-dealkylation sites (N-methyl/N-ethyl adjacent to an activating group) is 2. The van der Waals surface area contributed by atoms with Gasteiger partial charge in [0.05, 0.1) is 0 Å². The Bertz CT molecular complexity index is 723. The van der Waals surface area contributed by atoms with Gasteiger partial charge in [0.25, 0.3) is 0 Å². The van der Waals surface area contributed by atoms with E-state index in [1.165, 1.54) is 20.9 Å². The van der Waals surface area contributed by atoms with Gasteiger partial charge in [-0.3, -0.25) is 0 Å². The zero-order valence-corrected chi connectivity index (χ0v) is 21.8. The van der Waals surface area contributed by atoms with Crippen LogP contribution in [-0.4, -0.2) is 46.5 Å². The van der Waals surface area contributed by atoms with Crippen LogP contribution >= 0.6 is 23.5 Å². The summed E-state index contributed by atoms with van der Waals surface area (Å²) in [6.07, 6.45) is 0. The second-order valence-electron chi connectivity index (χ2n) is 10.1. The second-order valence-corrected chi connectivity index (χ2v) is 13.9. The molecule has 166 valence electrons. The number of thioether (sulfide) groups is 2. The normalized spacial score (nSPS) is 12.7. The highest BCUT2D eigenvalue weighted by atomic mass is 32.2. The van der Waals surface area contributed by atoms with Crippen LogP contribution in [0.4, 0.5) is 0 Å². The van der Waals surface area contributed by atoms with Crippen molar-refractivity contribution in [1.29, 1.82) is 0 Å². The molecular weight excluding hydrogens is 404 g/mol. The minimum absolute atomic E-state index is 0.230. The molecule has 0 aliphatic carbocycles. The Morgan fingerprint density at radius 1 is 0.600 bits per heavy atom. The molecule has 2 rings (SSSR count). The summed E-state index contributed by atoms with van der Waals surface area (Å²) >= 11 is 3.92. The fraction of sp³-hybridized carbons (Fsp3) is 0.538. The molecule has 0 fully saturated rings. The van der Waals surface area contributed by atoms with Crippen LogP contribution in [0.15, 0.2) is 58.3 Å². The average Bonchev–Trinajstić information content (AvgIpc) is 2.61. The van der Waals surface area contributed by atoms with Crippen molar-refractivity contribution < 1.29 is 0 Å². The minimum Gasteiger partial charge on any atom is -0.301 e. The predicted octanol–water partition coefficient (Wildman–Crippen LogP) is 7.03. The van der Waals surface area contributed by atoms with Gasteiger partial charge in [-0.1, -0.05) is 77.9 Å². The molecule has 0 spiro atoms. The molecule has 0 unspecified atom stereocenters. The average molecular weight is 445 g/mol. The fourth-order valence-electron chi connectivity index (χ4n) is 3.21. The third-order valence-corrected chi connectivity index (χ3v) is 6.98. The lowest BCUT2D eigenvalue weighted by Gasteiger charge is -2.26. The van der Waals surface area contributed by atoms with Gasteiger partial charge < -0.3 is 9.80 Å². The summed E-state index contributed by atoms with van der Waals surface area (Å²) in [6, 6.07) is 17.7. The van der Waals surface area contributed by atoms with Gasteiger partial charge in [0.15, 0.2) is 0 Å². The van der Waals surface area contributed by atoms with Gasteiger partial charge in [0.1, 0.15) is 0 Å². The maximum Gasteiger partial charge on any atom is 0.0242 e. The quantitative estimate of drug-likeness (QED) is 0.383. The van der Waals surface area contributed by atoms with Crippen molar-refractivity contribution in [3.8, 4) is 0 Å². The maximum absolute atomic E-state index is 2.44. The fourth-order valence-corrected chi connectivity index (χ4v) is 5.35. The standard InChI is InChI=1S/C26H40N2S2/c1-25(2,3)29-23-15-11-9-13-21(23)19-27(7)17-18-28(8)20-22-14-10-12-16-24(22)30-26(4,5)6/h9-16H,17-20H2,1-8H3. The van der Waals surface area contributed by atoms with Crippen LogP contribution in [0.2, 0.25) is 0 Å². The van der Waals surface area contributed by atoms with Gasteiger partial charge in [-0.2, -0.15) is 0 Å². The van der Waals surface area contributed by atoms with Crippen LogP contribution in [-0.2, 0) is 13.1 Å². The molecule has 30 heavy (non-hydrogen) atoms. The Kier molecular flexibility index (Phi) is 9.35. The van der Waals surface area contributed by atoms with Crippen LogP contribution in [0.1, 0.15) is 52.7 Å². The molecule has 4 heteroatoms. The maximum atomic E-state index is 2.44. The molecule has 0 bridgehead atoms. The highest BCUT2D eigenvalue weighted by molar-refractivity contribution is 8.00. The molecule has 2 aromatic rings. The lowest BCUT2D eigenvalue weighted by Crippen LogP contribution is -2.30. The van der Waals surface area contributed by atoms with Crippen molar-refractivity contribution in [2.45, 2.75) is 73.9 Å². The van der Waals surface area contributed by atoms with Gasteiger partial charge >= 0.3 is 0 Å². The van der Waals surface area contributed by atoms with Crippen LogP contribution in [0.3, 0.4) is 0 Å². The molecule has 0 aromatic heterocycles. The Morgan fingerprint density at radius 2 is 0.933 bits per heavy atom.